The number of methoxy groups -OCH3 is 1. The van der Waals surface area contributed by atoms with E-state index in [2.05, 4.69) is 11.4 Å². The molecule has 29 heavy (non-hydrogen) atoms. The number of hydrogen-bond acceptors (Lipinski definition) is 5. The van der Waals surface area contributed by atoms with Gasteiger partial charge in [0.15, 0.2) is 24.2 Å². The van der Waals surface area contributed by atoms with Crippen molar-refractivity contribution in [2.24, 2.45) is 0 Å². The first kappa shape index (κ1) is 22.5. The summed E-state index contributed by atoms with van der Waals surface area (Å²) in [6, 6.07) is 5.41. The van der Waals surface area contributed by atoms with E-state index in [1.54, 1.807) is 13.0 Å². The van der Waals surface area contributed by atoms with Crippen LogP contribution in [0.2, 0.25) is 0 Å². The van der Waals surface area contributed by atoms with E-state index in [1.165, 1.54) is 25.5 Å². The minimum atomic E-state index is -0.870. The third-order valence-electron chi connectivity index (χ3n) is 4.70. The fourth-order valence-corrected chi connectivity index (χ4v) is 3.14. The lowest BCUT2D eigenvalue weighted by atomic mass is 9.97. The van der Waals surface area contributed by atoms with Crippen molar-refractivity contribution in [3.63, 3.8) is 0 Å². The quantitative estimate of drug-likeness (QED) is 0.473. The number of esters is 1. The summed E-state index contributed by atoms with van der Waals surface area (Å²) in [5, 5.41) is 2.82. The monoisotopic (exact) mass is 401 g/mol. The average molecular weight is 402 g/mol. The van der Waals surface area contributed by atoms with E-state index in [-0.39, 0.29) is 12.5 Å². The zero-order valence-electron chi connectivity index (χ0n) is 17.5. The van der Waals surface area contributed by atoms with Gasteiger partial charge in [-0.05, 0) is 63.6 Å². The van der Waals surface area contributed by atoms with Gasteiger partial charge in [-0.15, -0.1) is 0 Å². The largest absolute Gasteiger partial charge is 0.493 e. The standard InChI is InChI=1S/C23H31NO5/c1-4-8-19-11-12-20(21(15-19)27-3)28-16-22(25)29-17(2)23(26)24-14-13-18-9-6-5-7-10-18/h4,8-9,11-12,15,17H,5-7,10,13-14,16H2,1-3H3,(H,24,26)/b8-4+/t17-/m1/s1. The highest BCUT2D eigenvalue weighted by atomic mass is 16.6. The molecule has 1 aliphatic carbocycles. The van der Waals surface area contributed by atoms with E-state index in [9.17, 15) is 9.59 Å². The van der Waals surface area contributed by atoms with Crippen LogP contribution in [0.25, 0.3) is 6.08 Å². The number of allylic oxidation sites excluding steroid dienone is 2. The van der Waals surface area contributed by atoms with E-state index in [0.717, 1.165) is 24.8 Å². The number of carbonyl (C=O) groups is 2. The van der Waals surface area contributed by atoms with Crippen molar-refractivity contribution < 1.29 is 23.8 Å². The molecule has 1 N–H and O–H groups in total. The van der Waals surface area contributed by atoms with Crippen LogP contribution in [0.15, 0.2) is 35.9 Å². The number of rotatable bonds is 10. The Kier molecular flexibility index (Phi) is 9.28. The van der Waals surface area contributed by atoms with Crippen molar-refractivity contribution in [2.45, 2.75) is 52.1 Å². The lowest BCUT2D eigenvalue weighted by Crippen LogP contribution is -2.37. The summed E-state index contributed by atoms with van der Waals surface area (Å²) in [4.78, 5) is 24.2. The summed E-state index contributed by atoms with van der Waals surface area (Å²) in [5.74, 6) is 0.0528. The van der Waals surface area contributed by atoms with E-state index >= 15 is 0 Å². The first-order valence-electron chi connectivity index (χ1n) is 10.1. The van der Waals surface area contributed by atoms with Gasteiger partial charge < -0.3 is 19.5 Å². The lowest BCUT2D eigenvalue weighted by molar-refractivity contribution is -0.156. The van der Waals surface area contributed by atoms with Crippen LogP contribution in [-0.4, -0.2) is 38.2 Å². The van der Waals surface area contributed by atoms with Gasteiger partial charge >= 0.3 is 5.97 Å². The predicted molar refractivity (Wildman–Crippen MR) is 113 cm³/mol. The van der Waals surface area contributed by atoms with Crippen molar-refractivity contribution >= 4 is 18.0 Å². The normalized spacial score (nSPS) is 14.8. The number of benzene rings is 1. The van der Waals surface area contributed by atoms with Gasteiger partial charge in [0.05, 0.1) is 7.11 Å². The maximum absolute atomic E-state index is 12.1. The van der Waals surface area contributed by atoms with Gasteiger partial charge in [0.2, 0.25) is 0 Å². The van der Waals surface area contributed by atoms with Crippen LogP contribution in [0.1, 0.15) is 51.5 Å². The van der Waals surface area contributed by atoms with Crippen molar-refractivity contribution in [1.29, 1.82) is 0 Å². The topological polar surface area (TPSA) is 73.9 Å². The Balaban J connectivity index is 1.75. The van der Waals surface area contributed by atoms with E-state index in [1.807, 2.05) is 31.2 Å². The SMILES string of the molecule is C/C=C/c1ccc(OCC(=O)O[C@H](C)C(=O)NCCC2=CCCCC2)c(OC)c1. The molecule has 6 nitrogen and oxygen atoms in total. The van der Waals surface area contributed by atoms with Crippen LogP contribution in [0.3, 0.4) is 0 Å². The number of ether oxygens (including phenoxy) is 3. The molecule has 0 heterocycles. The molecule has 0 fully saturated rings. The second kappa shape index (κ2) is 11.9. The number of carbonyl (C=O) groups excluding carboxylic acids is 2. The number of hydrogen-bond donors (Lipinski definition) is 1. The van der Waals surface area contributed by atoms with Crippen LogP contribution in [0.5, 0.6) is 11.5 Å². The Morgan fingerprint density at radius 1 is 1.24 bits per heavy atom. The minimum Gasteiger partial charge on any atom is -0.493 e. The van der Waals surface area contributed by atoms with Gasteiger partial charge in [-0.3, -0.25) is 4.79 Å². The maximum atomic E-state index is 12.1. The second-order valence-corrected chi connectivity index (χ2v) is 6.98. The molecule has 1 aromatic carbocycles. The molecule has 0 aliphatic heterocycles. The maximum Gasteiger partial charge on any atom is 0.344 e. The Morgan fingerprint density at radius 2 is 2.07 bits per heavy atom. The van der Waals surface area contributed by atoms with Gasteiger partial charge in [0.1, 0.15) is 0 Å². The molecule has 0 saturated heterocycles. The number of nitrogens with one attached hydrogen (secondary N) is 1. The molecule has 1 atom stereocenters. The molecule has 0 aromatic heterocycles. The Morgan fingerprint density at radius 3 is 2.76 bits per heavy atom. The van der Waals surface area contributed by atoms with E-state index in [4.69, 9.17) is 14.2 Å². The third-order valence-corrected chi connectivity index (χ3v) is 4.70. The van der Waals surface area contributed by atoms with Crippen molar-refractivity contribution in [2.75, 3.05) is 20.3 Å². The highest BCUT2D eigenvalue weighted by molar-refractivity contribution is 5.83. The molecular formula is C23H31NO5. The first-order valence-corrected chi connectivity index (χ1v) is 10.1. The fourth-order valence-electron chi connectivity index (χ4n) is 3.14. The van der Waals surface area contributed by atoms with Crippen LogP contribution >= 0.6 is 0 Å². The average Bonchev–Trinajstić information content (AvgIpc) is 2.73. The molecule has 1 aromatic rings. The van der Waals surface area contributed by atoms with Crippen LogP contribution in [0.4, 0.5) is 0 Å². The van der Waals surface area contributed by atoms with Gasteiger partial charge in [0.25, 0.3) is 5.91 Å². The lowest BCUT2D eigenvalue weighted by Gasteiger charge is -2.16. The van der Waals surface area contributed by atoms with E-state index in [0.29, 0.717) is 18.0 Å². The molecule has 1 amide bonds. The van der Waals surface area contributed by atoms with E-state index < -0.39 is 12.1 Å². The molecule has 0 radical (unpaired) electrons. The van der Waals surface area contributed by atoms with Crippen molar-refractivity contribution in [1.82, 2.24) is 5.32 Å². The Labute approximate surface area is 172 Å². The fraction of sp³-hybridized carbons (Fsp3) is 0.478. The zero-order valence-corrected chi connectivity index (χ0v) is 17.5. The summed E-state index contributed by atoms with van der Waals surface area (Å²) in [6.45, 7) is 3.74. The van der Waals surface area contributed by atoms with Crippen molar-refractivity contribution in [3.05, 3.63) is 41.5 Å². The summed E-state index contributed by atoms with van der Waals surface area (Å²) in [6.07, 6.45) is 10.8. The predicted octanol–water partition coefficient (Wildman–Crippen LogP) is 4.05. The summed E-state index contributed by atoms with van der Waals surface area (Å²) >= 11 is 0. The van der Waals surface area contributed by atoms with Crippen molar-refractivity contribution in [3.8, 4) is 11.5 Å². The molecule has 0 spiro atoms. The van der Waals surface area contributed by atoms with Crippen LogP contribution in [-0.2, 0) is 14.3 Å². The molecular weight excluding hydrogens is 370 g/mol. The summed E-state index contributed by atoms with van der Waals surface area (Å²) in [7, 11) is 1.54. The molecule has 1 aliphatic rings. The zero-order chi connectivity index (χ0) is 21.1. The summed E-state index contributed by atoms with van der Waals surface area (Å²) < 4.78 is 16.0. The molecule has 2 rings (SSSR count). The molecule has 158 valence electrons. The highest BCUT2D eigenvalue weighted by Gasteiger charge is 2.18. The van der Waals surface area contributed by atoms with Gasteiger partial charge in [-0.25, -0.2) is 4.79 Å². The first-order chi connectivity index (χ1) is 14.0. The second-order valence-electron chi connectivity index (χ2n) is 6.98. The van der Waals surface area contributed by atoms with Crippen LogP contribution in [0, 0.1) is 0 Å². The van der Waals surface area contributed by atoms with Gasteiger partial charge in [-0.1, -0.05) is 29.9 Å². The van der Waals surface area contributed by atoms with Gasteiger partial charge in [0, 0.05) is 6.54 Å². The van der Waals surface area contributed by atoms with Gasteiger partial charge in [-0.2, -0.15) is 0 Å². The third kappa shape index (κ3) is 7.64. The summed E-state index contributed by atoms with van der Waals surface area (Å²) in [5.41, 5.74) is 2.36. The Bertz CT molecular complexity index is 754. The molecule has 6 heteroatoms. The molecule has 0 bridgehead atoms. The smallest absolute Gasteiger partial charge is 0.344 e. The highest BCUT2D eigenvalue weighted by Crippen LogP contribution is 2.28. The Hall–Kier alpha value is -2.76. The minimum absolute atomic E-state index is 0.302. The van der Waals surface area contributed by atoms with Crippen LogP contribution < -0.4 is 14.8 Å². The molecule has 0 unspecified atom stereocenters. The molecule has 0 saturated carbocycles. The number of amides is 1.